The van der Waals surface area contributed by atoms with Gasteiger partial charge in [-0.1, -0.05) is 31.3 Å². The number of anilines is 1. The number of aryl methyl sites for hydroxylation is 1. The Bertz CT molecular complexity index is 680. The van der Waals surface area contributed by atoms with Crippen LogP contribution in [0.3, 0.4) is 0 Å². The van der Waals surface area contributed by atoms with Crippen LogP contribution in [0.15, 0.2) is 18.2 Å². The Balaban J connectivity index is 2.28. The summed E-state index contributed by atoms with van der Waals surface area (Å²) in [5.41, 5.74) is 1.06. The van der Waals surface area contributed by atoms with E-state index >= 15 is 0 Å². The van der Waals surface area contributed by atoms with Gasteiger partial charge < -0.3 is 5.32 Å². The van der Waals surface area contributed by atoms with Crippen molar-refractivity contribution in [1.82, 2.24) is 4.98 Å². The molecule has 1 N–H and O–H groups in total. The van der Waals surface area contributed by atoms with E-state index in [9.17, 15) is 10.1 Å². The zero-order valence-electron chi connectivity index (χ0n) is 11.9. The quantitative estimate of drug-likeness (QED) is 0.928. The van der Waals surface area contributed by atoms with Crippen LogP contribution in [-0.4, -0.2) is 10.9 Å². The van der Waals surface area contributed by atoms with Crippen molar-refractivity contribution in [2.24, 2.45) is 5.41 Å². The van der Waals surface area contributed by atoms with Gasteiger partial charge in [0.25, 0.3) is 0 Å². The first-order valence-corrected chi connectivity index (χ1v) is 7.46. The van der Waals surface area contributed by atoms with Gasteiger partial charge in [-0.15, -0.1) is 0 Å². The molecule has 1 heterocycles. The van der Waals surface area contributed by atoms with Crippen LogP contribution in [0.1, 0.15) is 32.3 Å². The second-order valence-electron chi connectivity index (χ2n) is 4.85. The SMILES string of the molecule is CCC(C#N)(CC)C(=O)Nc1nc2ccc(C)cc2s1. The molecule has 0 saturated carbocycles. The average Bonchev–Trinajstić information content (AvgIpc) is 2.82. The molecule has 104 valence electrons. The van der Waals surface area contributed by atoms with E-state index in [1.165, 1.54) is 11.3 Å². The highest BCUT2D eigenvalue weighted by Crippen LogP contribution is 2.31. The molecule has 0 bridgehead atoms. The molecule has 0 aliphatic heterocycles. The van der Waals surface area contributed by atoms with Crippen LogP contribution in [0, 0.1) is 23.7 Å². The van der Waals surface area contributed by atoms with E-state index in [4.69, 9.17) is 0 Å². The number of aromatic nitrogens is 1. The molecule has 5 heteroatoms. The normalized spacial score (nSPS) is 11.3. The third-order valence-corrected chi connectivity index (χ3v) is 4.55. The zero-order valence-corrected chi connectivity index (χ0v) is 12.7. The van der Waals surface area contributed by atoms with Gasteiger partial charge in [0.1, 0.15) is 5.41 Å². The second kappa shape index (κ2) is 5.59. The van der Waals surface area contributed by atoms with Crippen LogP contribution in [0.5, 0.6) is 0 Å². The van der Waals surface area contributed by atoms with Crippen LogP contribution in [0.4, 0.5) is 5.13 Å². The third kappa shape index (κ3) is 2.52. The number of nitrogens with one attached hydrogen (secondary N) is 1. The minimum atomic E-state index is -0.965. The molecule has 0 aliphatic carbocycles. The fourth-order valence-electron chi connectivity index (χ4n) is 2.08. The molecule has 4 nitrogen and oxygen atoms in total. The summed E-state index contributed by atoms with van der Waals surface area (Å²) < 4.78 is 1.04. The molecule has 1 amide bonds. The highest BCUT2D eigenvalue weighted by Gasteiger charge is 2.35. The predicted octanol–water partition coefficient (Wildman–Crippen LogP) is 3.87. The Labute approximate surface area is 122 Å². The number of rotatable bonds is 4. The van der Waals surface area contributed by atoms with E-state index < -0.39 is 5.41 Å². The maximum Gasteiger partial charge on any atom is 0.246 e. The molecule has 0 fully saturated rings. The van der Waals surface area contributed by atoms with Crippen molar-refractivity contribution in [3.05, 3.63) is 23.8 Å². The van der Waals surface area contributed by atoms with Crippen molar-refractivity contribution in [3.63, 3.8) is 0 Å². The van der Waals surface area contributed by atoms with Gasteiger partial charge in [-0.3, -0.25) is 4.79 Å². The van der Waals surface area contributed by atoms with Crippen LogP contribution in [0.25, 0.3) is 10.2 Å². The molecule has 1 aromatic heterocycles. The van der Waals surface area contributed by atoms with Crippen LogP contribution < -0.4 is 5.32 Å². The molecule has 0 aliphatic rings. The Morgan fingerprint density at radius 3 is 2.75 bits per heavy atom. The maximum atomic E-state index is 12.3. The van der Waals surface area contributed by atoms with Crippen molar-refractivity contribution in [1.29, 1.82) is 5.26 Å². The Hall–Kier alpha value is -1.93. The summed E-state index contributed by atoms with van der Waals surface area (Å²) in [7, 11) is 0. The van der Waals surface area contributed by atoms with Crippen molar-refractivity contribution in [2.45, 2.75) is 33.6 Å². The number of nitriles is 1. The van der Waals surface area contributed by atoms with E-state index in [0.29, 0.717) is 18.0 Å². The summed E-state index contributed by atoms with van der Waals surface area (Å²) in [6, 6.07) is 8.11. The van der Waals surface area contributed by atoms with Gasteiger partial charge in [0.2, 0.25) is 5.91 Å². The van der Waals surface area contributed by atoms with Crippen molar-refractivity contribution < 1.29 is 4.79 Å². The Morgan fingerprint density at radius 1 is 1.45 bits per heavy atom. The van der Waals surface area contributed by atoms with Gasteiger partial charge in [-0.2, -0.15) is 5.26 Å². The average molecular weight is 287 g/mol. The topological polar surface area (TPSA) is 65.8 Å². The minimum Gasteiger partial charge on any atom is -0.301 e. The van der Waals surface area contributed by atoms with Gasteiger partial charge in [0.15, 0.2) is 5.13 Å². The van der Waals surface area contributed by atoms with E-state index in [2.05, 4.69) is 16.4 Å². The summed E-state index contributed by atoms with van der Waals surface area (Å²) in [6.45, 7) is 5.73. The first-order valence-electron chi connectivity index (χ1n) is 6.64. The van der Waals surface area contributed by atoms with E-state index in [1.807, 2.05) is 39.0 Å². The lowest BCUT2D eigenvalue weighted by atomic mass is 9.83. The number of hydrogen-bond acceptors (Lipinski definition) is 4. The number of amides is 1. The number of benzene rings is 1. The van der Waals surface area contributed by atoms with Crippen molar-refractivity contribution in [2.75, 3.05) is 5.32 Å². The highest BCUT2D eigenvalue weighted by molar-refractivity contribution is 7.22. The summed E-state index contributed by atoms with van der Waals surface area (Å²) in [4.78, 5) is 16.7. The molecule has 0 atom stereocenters. The van der Waals surface area contributed by atoms with Gasteiger partial charge in [-0.25, -0.2) is 4.98 Å². The van der Waals surface area contributed by atoms with E-state index in [-0.39, 0.29) is 5.91 Å². The molecule has 0 radical (unpaired) electrons. The number of hydrogen-bond donors (Lipinski definition) is 1. The first-order chi connectivity index (χ1) is 9.54. The number of carbonyl (C=O) groups is 1. The summed E-state index contributed by atoms with van der Waals surface area (Å²) in [5, 5.41) is 12.6. The minimum absolute atomic E-state index is 0.263. The Kier molecular flexibility index (Phi) is 4.05. The molecule has 0 saturated heterocycles. The van der Waals surface area contributed by atoms with Crippen LogP contribution in [-0.2, 0) is 4.79 Å². The highest BCUT2D eigenvalue weighted by atomic mass is 32.1. The Morgan fingerprint density at radius 2 is 2.15 bits per heavy atom. The standard InChI is InChI=1S/C15H17N3OS/c1-4-15(5-2,9-16)13(19)18-14-17-11-7-6-10(3)8-12(11)20-14/h6-8H,4-5H2,1-3H3,(H,17,18,19). The lowest BCUT2D eigenvalue weighted by Gasteiger charge is -2.21. The number of fused-ring (bicyclic) bond motifs is 1. The van der Waals surface area contributed by atoms with Crippen molar-refractivity contribution in [3.8, 4) is 6.07 Å². The van der Waals surface area contributed by atoms with Gasteiger partial charge in [0.05, 0.1) is 16.3 Å². The molecule has 20 heavy (non-hydrogen) atoms. The molecular weight excluding hydrogens is 270 g/mol. The maximum absolute atomic E-state index is 12.3. The van der Waals surface area contributed by atoms with E-state index in [0.717, 1.165) is 15.8 Å². The largest absolute Gasteiger partial charge is 0.301 e. The lowest BCUT2D eigenvalue weighted by molar-refractivity contribution is -0.123. The molecule has 0 unspecified atom stereocenters. The van der Waals surface area contributed by atoms with Crippen LogP contribution in [0.2, 0.25) is 0 Å². The third-order valence-electron chi connectivity index (χ3n) is 3.62. The van der Waals surface area contributed by atoms with Crippen molar-refractivity contribution >= 4 is 32.6 Å². The molecule has 1 aromatic carbocycles. The van der Waals surface area contributed by atoms with Gasteiger partial charge in [0, 0.05) is 0 Å². The molecule has 2 rings (SSSR count). The predicted molar refractivity (Wildman–Crippen MR) is 81.6 cm³/mol. The number of thiazole rings is 1. The fourth-order valence-corrected chi connectivity index (χ4v) is 3.04. The summed E-state index contributed by atoms with van der Waals surface area (Å²) in [6.07, 6.45) is 0.992. The number of nitrogens with zero attached hydrogens (tertiary/aromatic N) is 2. The smallest absolute Gasteiger partial charge is 0.246 e. The first kappa shape index (κ1) is 14.5. The molecule has 2 aromatic rings. The second-order valence-corrected chi connectivity index (χ2v) is 5.88. The summed E-state index contributed by atoms with van der Waals surface area (Å²) in [5.74, 6) is -0.263. The van der Waals surface area contributed by atoms with Gasteiger partial charge >= 0.3 is 0 Å². The van der Waals surface area contributed by atoms with Gasteiger partial charge in [-0.05, 0) is 37.5 Å². The monoisotopic (exact) mass is 287 g/mol. The lowest BCUT2D eigenvalue weighted by Crippen LogP contribution is -2.33. The summed E-state index contributed by atoms with van der Waals surface area (Å²) >= 11 is 1.43. The zero-order chi connectivity index (χ0) is 14.8. The molecule has 0 spiro atoms. The number of carbonyl (C=O) groups excluding carboxylic acids is 1. The van der Waals surface area contributed by atoms with E-state index in [1.54, 1.807) is 0 Å². The fraction of sp³-hybridized carbons (Fsp3) is 0.400. The van der Waals surface area contributed by atoms with Crippen LogP contribution >= 0.6 is 11.3 Å². The molecular formula is C15H17N3OS.